The molecule has 88 valence electrons. The summed E-state index contributed by atoms with van der Waals surface area (Å²) in [4.78, 5) is 22.2. The first-order chi connectivity index (χ1) is 7.56. The lowest BCUT2D eigenvalue weighted by atomic mass is 10.2. The lowest BCUT2D eigenvalue weighted by molar-refractivity contribution is -0.147. The van der Waals surface area contributed by atoms with E-state index in [4.69, 9.17) is 9.52 Å². The predicted octanol–water partition coefficient (Wildman–Crippen LogP) is 0.417. The molecule has 1 unspecified atom stereocenters. The Morgan fingerprint density at radius 2 is 2.31 bits per heavy atom. The third-order valence-electron chi connectivity index (χ3n) is 2.11. The van der Waals surface area contributed by atoms with Gasteiger partial charge in [-0.25, -0.2) is 4.79 Å². The molecule has 0 aliphatic carbocycles. The number of hydrogen-bond acceptors (Lipinski definition) is 4. The van der Waals surface area contributed by atoms with Gasteiger partial charge in [-0.05, 0) is 13.0 Å². The Bertz CT molecular complexity index is 384. The van der Waals surface area contributed by atoms with Crippen molar-refractivity contribution in [2.45, 2.75) is 13.0 Å². The molecule has 0 saturated carbocycles. The van der Waals surface area contributed by atoms with Gasteiger partial charge in [0.2, 0.25) is 0 Å². The van der Waals surface area contributed by atoms with E-state index in [-0.39, 0.29) is 12.5 Å². The first-order valence-electron chi connectivity index (χ1n) is 4.64. The van der Waals surface area contributed by atoms with Crippen molar-refractivity contribution < 1.29 is 23.8 Å². The molecule has 6 heteroatoms. The smallest absolute Gasteiger partial charge is 0.334 e. The number of furan rings is 1. The summed E-state index contributed by atoms with van der Waals surface area (Å²) < 4.78 is 9.63. The van der Waals surface area contributed by atoms with Crippen LogP contribution in [0.15, 0.2) is 16.7 Å². The highest BCUT2D eigenvalue weighted by molar-refractivity contribution is 5.95. The Hall–Kier alpha value is -1.82. The summed E-state index contributed by atoms with van der Waals surface area (Å²) in [6.45, 7) is 1.56. The van der Waals surface area contributed by atoms with Crippen LogP contribution in [0.5, 0.6) is 0 Å². The van der Waals surface area contributed by atoms with Gasteiger partial charge in [-0.1, -0.05) is 0 Å². The fraction of sp³-hybridized carbons (Fsp3) is 0.400. The van der Waals surface area contributed by atoms with E-state index in [2.05, 4.69) is 10.1 Å². The molecule has 1 aromatic heterocycles. The van der Waals surface area contributed by atoms with Crippen molar-refractivity contribution >= 4 is 11.9 Å². The molecule has 0 fully saturated rings. The fourth-order valence-corrected chi connectivity index (χ4v) is 1.17. The normalized spacial score (nSPS) is 12.1. The maximum Gasteiger partial charge on any atom is 0.334 e. The molecule has 0 bridgehead atoms. The van der Waals surface area contributed by atoms with E-state index >= 15 is 0 Å². The van der Waals surface area contributed by atoms with Crippen LogP contribution < -0.4 is 5.32 Å². The highest BCUT2D eigenvalue weighted by Crippen LogP contribution is 2.08. The number of carbonyl (C=O) groups excluding carboxylic acids is 1. The minimum absolute atomic E-state index is 0.0880. The van der Waals surface area contributed by atoms with Crippen LogP contribution in [0.1, 0.15) is 16.1 Å². The lowest BCUT2D eigenvalue weighted by Gasteiger charge is -2.10. The minimum atomic E-state index is -1.12. The van der Waals surface area contributed by atoms with Crippen LogP contribution >= 0.6 is 0 Å². The van der Waals surface area contributed by atoms with Crippen LogP contribution in [0.4, 0.5) is 0 Å². The van der Waals surface area contributed by atoms with Gasteiger partial charge in [0.1, 0.15) is 5.76 Å². The molecule has 0 spiro atoms. The molecule has 1 amide bonds. The maximum atomic E-state index is 11.5. The molecule has 2 N–H and O–H groups in total. The van der Waals surface area contributed by atoms with Gasteiger partial charge < -0.3 is 19.6 Å². The molecule has 1 heterocycles. The van der Waals surface area contributed by atoms with Crippen molar-refractivity contribution in [2.75, 3.05) is 13.7 Å². The average molecular weight is 227 g/mol. The second-order valence-corrected chi connectivity index (χ2v) is 3.16. The molecule has 1 aromatic rings. The summed E-state index contributed by atoms with van der Waals surface area (Å²) in [5.74, 6) is -1.01. The molecule has 0 saturated heterocycles. The minimum Gasteiger partial charge on any atom is -0.479 e. The second-order valence-electron chi connectivity index (χ2n) is 3.16. The first-order valence-corrected chi connectivity index (χ1v) is 4.64. The molecule has 0 aromatic carbocycles. The van der Waals surface area contributed by atoms with Crippen LogP contribution in [0.3, 0.4) is 0 Å². The number of rotatable bonds is 5. The van der Waals surface area contributed by atoms with Crippen molar-refractivity contribution in [1.82, 2.24) is 5.32 Å². The predicted molar refractivity (Wildman–Crippen MR) is 54.2 cm³/mol. The quantitative estimate of drug-likeness (QED) is 0.760. The van der Waals surface area contributed by atoms with E-state index in [1.54, 1.807) is 6.92 Å². The Balaban J connectivity index is 2.53. The van der Waals surface area contributed by atoms with Gasteiger partial charge in [0, 0.05) is 7.11 Å². The zero-order valence-electron chi connectivity index (χ0n) is 9.02. The third kappa shape index (κ3) is 2.83. The molecule has 0 aliphatic heterocycles. The SMILES string of the molecule is COC(CNC(=O)c1ccoc1C)C(=O)O. The van der Waals surface area contributed by atoms with Crippen molar-refractivity contribution in [3.63, 3.8) is 0 Å². The van der Waals surface area contributed by atoms with Gasteiger partial charge in [0.15, 0.2) is 6.10 Å². The van der Waals surface area contributed by atoms with Gasteiger partial charge in [-0.15, -0.1) is 0 Å². The van der Waals surface area contributed by atoms with Crippen LogP contribution in [0.2, 0.25) is 0 Å². The Labute approximate surface area is 92.2 Å². The number of ether oxygens (including phenoxy) is 1. The number of methoxy groups -OCH3 is 1. The fourth-order valence-electron chi connectivity index (χ4n) is 1.17. The standard InChI is InChI=1S/C10H13NO5/c1-6-7(3-4-16-6)9(12)11-5-8(15-2)10(13)14/h3-4,8H,5H2,1-2H3,(H,11,12)(H,13,14). The Kier molecular flexibility index (Phi) is 4.07. The highest BCUT2D eigenvalue weighted by Gasteiger charge is 2.18. The van der Waals surface area contributed by atoms with E-state index in [9.17, 15) is 9.59 Å². The number of carboxylic acids is 1. The zero-order valence-corrected chi connectivity index (χ0v) is 9.02. The van der Waals surface area contributed by atoms with Crippen molar-refractivity contribution in [3.8, 4) is 0 Å². The van der Waals surface area contributed by atoms with E-state index in [0.29, 0.717) is 11.3 Å². The lowest BCUT2D eigenvalue weighted by Crippen LogP contribution is -2.37. The van der Waals surface area contributed by atoms with Crippen LogP contribution in [-0.2, 0) is 9.53 Å². The molecule has 6 nitrogen and oxygen atoms in total. The summed E-state index contributed by atoms with van der Waals surface area (Å²) in [7, 11) is 1.27. The summed E-state index contributed by atoms with van der Waals surface area (Å²) in [6, 6.07) is 1.52. The van der Waals surface area contributed by atoms with Crippen LogP contribution in [0, 0.1) is 6.92 Å². The second kappa shape index (κ2) is 5.32. The topological polar surface area (TPSA) is 88.8 Å². The number of aryl methyl sites for hydroxylation is 1. The van der Waals surface area contributed by atoms with E-state index < -0.39 is 12.1 Å². The molecule has 1 atom stereocenters. The van der Waals surface area contributed by atoms with Crippen molar-refractivity contribution in [2.24, 2.45) is 0 Å². The zero-order chi connectivity index (χ0) is 12.1. The third-order valence-corrected chi connectivity index (χ3v) is 2.11. The van der Waals surface area contributed by atoms with Gasteiger partial charge >= 0.3 is 5.97 Å². The number of nitrogens with one attached hydrogen (secondary N) is 1. The summed E-state index contributed by atoms with van der Waals surface area (Å²) >= 11 is 0. The number of carboxylic acid groups (broad SMARTS) is 1. The average Bonchev–Trinajstić information content (AvgIpc) is 2.64. The molecule has 1 rings (SSSR count). The summed E-state index contributed by atoms with van der Waals surface area (Å²) in [6.07, 6.45) is 0.353. The molecule has 0 aliphatic rings. The number of carbonyl (C=O) groups is 2. The number of amides is 1. The van der Waals surface area contributed by atoms with Crippen molar-refractivity contribution in [1.29, 1.82) is 0 Å². The van der Waals surface area contributed by atoms with Gasteiger partial charge in [-0.3, -0.25) is 4.79 Å². The van der Waals surface area contributed by atoms with E-state index in [1.165, 1.54) is 19.4 Å². The van der Waals surface area contributed by atoms with Gasteiger partial charge in [0.25, 0.3) is 5.91 Å². The summed E-state index contributed by atoms with van der Waals surface area (Å²) in [5, 5.41) is 11.1. The summed E-state index contributed by atoms with van der Waals surface area (Å²) in [5.41, 5.74) is 0.389. The largest absolute Gasteiger partial charge is 0.479 e. The van der Waals surface area contributed by atoms with Gasteiger partial charge in [0.05, 0.1) is 18.4 Å². The number of aliphatic carboxylic acids is 1. The molecule has 16 heavy (non-hydrogen) atoms. The van der Waals surface area contributed by atoms with Crippen LogP contribution in [0.25, 0.3) is 0 Å². The van der Waals surface area contributed by atoms with Crippen LogP contribution in [-0.4, -0.2) is 36.7 Å². The highest BCUT2D eigenvalue weighted by atomic mass is 16.5. The van der Waals surface area contributed by atoms with E-state index in [0.717, 1.165) is 0 Å². The molecular formula is C10H13NO5. The number of hydrogen-bond donors (Lipinski definition) is 2. The first kappa shape index (κ1) is 12.3. The monoisotopic (exact) mass is 227 g/mol. The molecular weight excluding hydrogens is 214 g/mol. The van der Waals surface area contributed by atoms with Crippen molar-refractivity contribution in [3.05, 3.63) is 23.7 Å². The molecule has 0 radical (unpaired) electrons. The Morgan fingerprint density at radius 1 is 1.62 bits per heavy atom. The maximum absolute atomic E-state index is 11.5. The van der Waals surface area contributed by atoms with Gasteiger partial charge in [-0.2, -0.15) is 0 Å². The Morgan fingerprint density at radius 3 is 2.75 bits per heavy atom. The van der Waals surface area contributed by atoms with E-state index in [1.807, 2.05) is 0 Å².